The topological polar surface area (TPSA) is 37.4 Å². The summed E-state index contributed by atoms with van der Waals surface area (Å²) in [6, 6.07) is 13.6. The van der Waals surface area contributed by atoms with Gasteiger partial charge in [-0.05, 0) is 30.0 Å². The van der Waals surface area contributed by atoms with E-state index in [1.165, 1.54) is 18.2 Å². The largest absolute Gasteiger partial charge is 0.290 e. The van der Waals surface area contributed by atoms with Crippen LogP contribution in [0.3, 0.4) is 0 Å². The molecule has 1 amide bonds. The van der Waals surface area contributed by atoms with Crippen LogP contribution in [0.25, 0.3) is 17.2 Å². The fourth-order valence-electron chi connectivity index (χ4n) is 4.50. The number of fused-ring (bicyclic) bond motifs is 3. The van der Waals surface area contributed by atoms with Gasteiger partial charge in [0.05, 0.1) is 4.91 Å². The Balaban J connectivity index is 1.55. The summed E-state index contributed by atoms with van der Waals surface area (Å²) in [6.07, 6.45) is 7.53. The molecule has 140 valence electrons. The maximum absolute atomic E-state index is 13.1. The van der Waals surface area contributed by atoms with Gasteiger partial charge >= 0.3 is 0 Å². The van der Waals surface area contributed by atoms with Gasteiger partial charge in [-0.25, -0.2) is 0 Å². The van der Waals surface area contributed by atoms with E-state index < -0.39 is 0 Å². The fraction of sp³-hybridized carbons (Fsp3) is 0.261. The van der Waals surface area contributed by atoms with E-state index >= 15 is 0 Å². The first kappa shape index (κ1) is 17.8. The van der Waals surface area contributed by atoms with E-state index in [-0.39, 0.29) is 17.7 Å². The highest BCUT2D eigenvalue weighted by molar-refractivity contribution is 8.26. The molecule has 5 heteroatoms. The molecule has 0 unspecified atom stereocenters. The first-order valence-corrected chi connectivity index (χ1v) is 10.9. The molecular formula is C23H19NO2S2. The van der Waals surface area contributed by atoms with E-state index in [1.54, 1.807) is 0 Å². The third kappa shape index (κ3) is 2.76. The molecule has 0 spiro atoms. The van der Waals surface area contributed by atoms with Crippen LogP contribution < -0.4 is 0 Å². The number of thioether (sulfide) groups is 1. The molecule has 0 aromatic heterocycles. The number of carbonyl (C=O) groups excluding carboxylic acids is 2. The highest BCUT2D eigenvalue weighted by Gasteiger charge is 2.38. The molecule has 2 fully saturated rings. The molecule has 28 heavy (non-hydrogen) atoms. The van der Waals surface area contributed by atoms with Crippen LogP contribution in [0.4, 0.5) is 0 Å². The molecule has 1 saturated heterocycles. The molecule has 1 saturated carbocycles. The number of rotatable bonds is 2. The van der Waals surface area contributed by atoms with Crippen molar-refractivity contribution in [1.29, 1.82) is 0 Å². The van der Waals surface area contributed by atoms with Crippen LogP contribution in [0.15, 0.2) is 47.4 Å². The maximum atomic E-state index is 13.1. The van der Waals surface area contributed by atoms with Crippen LogP contribution >= 0.6 is 24.0 Å². The lowest BCUT2D eigenvalue weighted by Crippen LogP contribution is -2.39. The van der Waals surface area contributed by atoms with E-state index in [9.17, 15) is 9.59 Å². The van der Waals surface area contributed by atoms with Crippen molar-refractivity contribution in [3.05, 3.63) is 64.1 Å². The zero-order valence-electron chi connectivity index (χ0n) is 15.3. The van der Waals surface area contributed by atoms with Crippen LogP contribution in [0.1, 0.15) is 53.6 Å². The molecule has 0 N–H and O–H groups in total. The smallest absolute Gasteiger partial charge is 0.266 e. The van der Waals surface area contributed by atoms with Crippen molar-refractivity contribution >= 4 is 46.1 Å². The number of nitrogens with zero attached hydrogens (tertiary/aromatic N) is 1. The Labute approximate surface area is 173 Å². The van der Waals surface area contributed by atoms with Gasteiger partial charge in [-0.3, -0.25) is 14.5 Å². The second-order valence-electron chi connectivity index (χ2n) is 7.49. The van der Waals surface area contributed by atoms with E-state index in [2.05, 4.69) is 0 Å². The quantitative estimate of drug-likeness (QED) is 0.421. The molecule has 0 radical (unpaired) electrons. The third-order valence-corrected chi connectivity index (χ3v) is 7.16. The number of carbonyl (C=O) groups is 2. The average molecular weight is 406 g/mol. The van der Waals surface area contributed by atoms with Crippen LogP contribution in [-0.4, -0.2) is 27.0 Å². The Morgan fingerprint density at radius 3 is 2.43 bits per heavy atom. The van der Waals surface area contributed by atoms with Gasteiger partial charge in [0.2, 0.25) is 0 Å². The summed E-state index contributed by atoms with van der Waals surface area (Å²) in [6.45, 7) is 0. The average Bonchev–Trinajstić information content (AvgIpc) is 3.17. The number of benzene rings is 2. The minimum absolute atomic E-state index is 0.0112. The van der Waals surface area contributed by atoms with Crippen molar-refractivity contribution in [2.45, 2.75) is 38.1 Å². The Hall–Kier alpha value is -2.24. The Morgan fingerprint density at radius 1 is 0.929 bits per heavy atom. The first-order valence-electron chi connectivity index (χ1n) is 9.69. The summed E-state index contributed by atoms with van der Waals surface area (Å²) in [5, 5.41) is 0. The number of ketones is 1. The van der Waals surface area contributed by atoms with Gasteiger partial charge in [0.1, 0.15) is 4.32 Å². The Morgan fingerprint density at radius 2 is 1.64 bits per heavy atom. The lowest BCUT2D eigenvalue weighted by molar-refractivity contribution is -0.124. The normalized spacial score (nSPS) is 20.8. The molecule has 1 heterocycles. The number of amides is 1. The summed E-state index contributed by atoms with van der Waals surface area (Å²) < 4.78 is 0.659. The van der Waals surface area contributed by atoms with Gasteiger partial charge < -0.3 is 0 Å². The van der Waals surface area contributed by atoms with Crippen LogP contribution in [0, 0.1) is 0 Å². The van der Waals surface area contributed by atoms with Gasteiger partial charge in [-0.2, -0.15) is 0 Å². The zero-order valence-corrected chi connectivity index (χ0v) is 16.9. The fourth-order valence-corrected chi connectivity index (χ4v) is 5.89. The molecular weight excluding hydrogens is 386 g/mol. The molecule has 2 aliphatic carbocycles. The van der Waals surface area contributed by atoms with Crippen molar-refractivity contribution in [2.24, 2.45) is 0 Å². The van der Waals surface area contributed by atoms with Crippen LogP contribution in [0.2, 0.25) is 0 Å². The summed E-state index contributed by atoms with van der Waals surface area (Å²) in [5.41, 5.74) is 4.20. The minimum Gasteiger partial charge on any atom is -0.290 e. The van der Waals surface area contributed by atoms with Crippen molar-refractivity contribution in [2.75, 3.05) is 0 Å². The number of hydrogen-bond donors (Lipinski definition) is 0. The molecule has 2 aromatic carbocycles. The van der Waals surface area contributed by atoms with E-state index in [4.69, 9.17) is 12.2 Å². The first-order chi connectivity index (χ1) is 13.6. The minimum atomic E-state index is 0.0112. The molecule has 2 aromatic rings. The van der Waals surface area contributed by atoms with Crippen LogP contribution in [0.5, 0.6) is 0 Å². The highest BCUT2D eigenvalue weighted by atomic mass is 32.2. The molecule has 5 rings (SSSR count). The van der Waals surface area contributed by atoms with Gasteiger partial charge in [0.15, 0.2) is 5.78 Å². The number of thiocarbonyl (C=S) groups is 1. The lowest BCUT2D eigenvalue weighted by Gasteiger charge is -2.29. The highest BCUT2D eigenvalue weighted by Crippen LogP contribution is 2.42. The predicted molar refractivity (Wildman–Crippen MR) is 117 cm³/mol. The Kier molecular flexibility index (Phi) is 4.44. The third-order valence-electron chi connectivity index (χ3n) is 5.83. The van der Waals surface area contributed by atoms with Gasteiger partial charge in [0, 0.05) is 22.7 Å². The molecule has 1 aliphatic heterocycles. The van der Waals surface area contributed by atoms with Crippen molar-refractivity contribution in [1.82, 2.24) is 4.90 Å². The standard InChI is InChI=1S/C23H19NO2S2/c25-21-17-11-5-4-10-16(17)20-14(7-6-12-18(20)21)13-19-22(26)24(23(27)28-19)15-8-2-1-3-9-15/h4-7,10-13,15H,1-3,8-9H2. The Bertz CT molecular complexity index is 1050. The summed E-state index contributed by atoms with van der Waals surface area (Å²) >= 11 is 6.93. The number of hydrogen-bond acceptors (Lipinski definition) is 4. The SMILES string of the molecule is O=C1c2ccccc2-c2c(C=C3SC(=S)N(C4CCCCC4)C3=O)cccc21. The van der Waals surface area contributed by atoms with Crippen molar-refractivity contribution < 1.29 is 9.59 Å². The van der Waals surface area contributed by atoms with E-state index in [0.717, 1.165) is 47.9 Å². The molecule has 3 aliphatic rings. The summed E-state index contributed by atoms with van der Waals surface area (Å²) in [4.78, 5) is 28.3. The zero-order chi connectivity index (χ0) is 19.3. The molecule has 0 atom stereocenters. The molecule has 0 bridgehead atoms. The summed E-state index contributed by atoms with van der Waals surface area (Å²) in [5.74, 6) is 0.0627. The molecule has 3 nitrogen and oxygen atoms in total. The van der Waals surface area contributed by atoms with Crippen LogP contribution in [-0.2, 0) is 4.79 Å². The monoisotopic (exact) mass is 405 g/mol. The van der Waals surface area contributed by atoms with Gasteiger partial charge in [0.25, 0.3) is 5.91 Å². The lowest BCUT2D eigenvalue weighted by atomic mass is 9.94. The van der Waals surface area contributed by atoms with Gasteiger partial charge in [-0.1, -0.05) is 85.7 Å². The summed E-state index contributed by atoms with van der Waals surface area (Å²) in [7, 11) is 0. The van der Waals surface area contributed by atoms with Crippen molar-refractivity contribution in [3.63, 3.8) is 0 Å². The van der Waals surface area contributed by atoms with Crippen molar-refractivity contribution in [3.8, 4) is 11.1 Å². The van der Waals surface area contributed by atoms with E-state index in [1.807, 2.05) is 53.4 Å². The maximum Gasteiger partial charge on any atom is 0.266 e. The second-order valence-corrected chi connectivity index (χ2v) is 9.16. The van der Waals surface area contributed by atoms with E-state index in [0.29, 0.717) is 14.8 Å². The predicted octanol–water partition coefficient (Wildman–Crippen LogP) is 5.43. The second kappa shape index (κ2) is 6.98. The van der Waals surface area contributed by atoms with Gasteiger partial charge in [-0.15, -0.1) is 0 Å².